The summed E-state index contributed by atoms with van der Waals surface area (Å²) in [5.74, 6) is -0.339. The van der Waals surface area contributed by atoms with Gasteiger partial charge in [-0.15, -0.1) is 0 Å². The number of carbonyl (C=O) groups is 2. The quantitative estimate of drug-likeness (QED) is 0.507. The van der Waals surface area contributed by atoms with Gasteiger partial charge in [0.1, 0.15) is 0 Å². The number of carbonyl (C=O) groups excluding carboxylic acids is 2. The topological polar surface area (TPSA) is 46.6 Å². The highest BCUT2D eigenvalue weighted by molar-refractivity contribution is 5.86. The van der Waals surface area contributed by atoms with E-state index in [0.29, 0.717) is 19.6 Å². The van der Waals surface area contributed by atoms with E-state index in [9.17, 15) is 9.59 Å². The van der Waals surface area contributed by atoms with Gasteiger partial charge in [-0.05, 0) is 12.8 Å². The summed E-state index contributed by atoms with van der Waals surface area (Å²) in [6, 6.07) is 0. The average molecular weight is 285 g/mol. The molecule has 0 saturated carbocycles. The molecule has 1 fully saturated rings. The van der Waals surface area contributed by atoms with Crippen molar-refractivity contribution < 1.29 is 14.3 Å². The summed E-state index contributed by atoms with van der Waals surface area (Å²) in [5.41, 5.74) is 0. The Hall–Kier alpha value is -1.06. The number of esters is 1. The van der Waals surface area contributed by atoms with E-state index in [1.165, 1.54) is 0 Å². The molecule has 0 aromatic carbocycles. The van der Waals surface area contributed by atoms with Crippen molar-refractivity contribution in [2.24, 2.45) is 5.92 Å². The van der Waals surface area contributed by atoms with Gasteiger partial charge >= 0.3 is 5.97 Å². The number of ether oxygens (including phenoxy) is 1. The van der Waals surface area contributed by atoms with Crippen LogP contribution in [-0.4, -0.2) is 36.5 Å². The molecule has 1 atom stereocenters. The standard InChI is InChI=1S/C14H25NO3.C2H6/c1-3-5-7-9-18-14(17)12-10-13(16)15(11-12)8-6-4-2;1-2/h12H,3-11H2,1-2H3;1-2H3. The van der Waals surface area contributed by atoms with Crippen molar-refractivity contribution in [3.8, 4) is 0 Å². The SMILES string of the molecule is CC.CCCCCOC(=O)C1CC(=O)N(CCCC)C1. The van der Waals surface area contributed by atoms with E-state index >= 15 is 0 Å². The first-order valence-corrected chi connectivity index (χ1v) is 8.13. The molecule has 0 aromatic heterocycles. The minimum Gasteiger partial charge on any atom is -0.465 e. The predicted molar refractivity (Wildman–Crippen MR) is 81.4 cm³/mol. The van der Waals surface area contributed by atoms with E-state index in [4.69, 9.17) is 4.74 Å². The third-order valence-corrected chi connectivity index (χ3v) is 3.32. The monoisotopic (exact) mass is 285 g/mol. The molecule has 1 unspecified atom stereocenters. The number of nitrogens with zero attached hydrogens (tertiary/aromatic N) is 1. The lowest BCUT2D eigenvalue weighted by Crippen LogP contribution is -2.27. The molecule has 20 heavy (non-hydrogen) atoms. The van der Waals surface area contributed by atoms with Crippen LogP contribution in [0.5, 0.6) is 0 Å². The second-order valence-corrected chi connectivity index (χ2v) is 4.97. The lowest BCUT2D eigenvalue weighted by atomic mass is 10.1. The number of unbranched alkanes of at least 4 members (excludes halogenated alkanes) is 3. The van der Waals surface area contributed by atoms with E-state index in [2.05, 4.69) is 13.8 Å². The molecule has 0 bridgehead atoms. The van der Waals surface area contributed by atoms with Crippen LogP contribution < -0.4 is 0 Å². The van der Waals surface area contributed by atoms with Gasteiger partial charge < -0.3 is 9.64 Å². The van der Waals surface area contributed by atoms with Crippen LogP contribution in [0.25, 0.3) is 0 Å². The Morgan fingerprint density at radius 2 is 1.85 bits per heavy atom. The summed E-state index contributed by atoms with van der Waals surface area (Å²) < 4.78 is 5.21. The molecular weight excluding hydrogens is 254 g/mol. The molecule has 0 aliphatic carbocycles. The number of rotatable bonds is 8. The second-order valence-electron chi connectivity index (χ2n) is 4.97. The van der Waals surface area contributed by atoms with Gasteiger partial charge in [-0.3, -0.25) is 9.59 Å². The summed E-state index contributed by atoms with van der Waals surface area (Å²) in [4.78, 5) is 25.3. The molecule has 118 valence electrons. The van der Waals surface area contributed by atoms with Crippen molar-refractivity contribution in [1.82, 2.24) is 4.90 Å². The first kappa shape index (κ1) is 18.9. The molecule has 1 aliphatic rings. The van der Waals surface area contributed by atoms with Crippen LogP contribution in [0.3, 0.4) is 0 Å². The zero-order chi connectivity index (χ0) is 15.4. The molecule has 1 heterocycles. The van der Waals surface area contributed by atoms with Gasteiger partial charge in [-0.1, -0.05) is 47.0 Å². The Kier molecular flexibility index (Phi) is 11.1. The van der Waals surface area contributed by atoms with Crippen LogP contribution in [0.4, 0.5) is 0 Å². The van der Waals surface area contributed by atoms with Crippen LogP contribution in [0.1, 0.15) is 66.2 Å². The summed E-state index contributed by atoms with van der Waals surface area (Å²) in [6.07, 6.45) is 5.52. The van der Waals surface area contributed by atoms with Gasteiger partial charge in [-0.2, -0.15) is 0 Å². The smallest absolute Gasteiger partial charge is 0.311 e. The largest absolute Gasteiger partial charge is 0.465 e. The lowest BCUT2D eigenvalue weighted by molar-refractivity contribution is -0.148. The fourth-order valence-electron chi connectivity index (χ4n) is 2.14. The highest BCUT2D eigenvalue weighted by Gasteiger charge is 2.34. The maximum atomic E-state index is 11.8. The molecule has 4 nitrogen and oxygen atoms in total. The normalized spacial score (nSPS) is 17.7. The summed E-state index contributed by atoms with van der Waals surface area (Å²) >= 11 is 0. The number of hydrogen-bond donors (Lipinski definition) is 0. The van der Waals surface area contributed by atoms with Crippen molar-refractivity contribution in [1.29, 1.82) is 0 Å². The minimum absolute atomic E-state index is 0.0963. The minimum atomic E-state index is -0.240. The van der Waals surface area contributed by atoms with E-state index in [1.54, 1.807) is 4.90 Å². The van der Waals surface area contributed by atoms with E-state index in [1.807, 2.05) is 13.8 Å². The molecule has 1 saturated heterocycles. The predicted octanol–water partition coefficient (Wildman–Crippen LogP) is 3.39. The highest BCUT2D eigenvalue weighted by Crippen LogP contribution is 2.19. The molecule has 0 N–H and O–H groups in total. The van der Waals surface area contributed by atoms with Crippen LogP contribution >= 0.6 is 0 Å². The van der Waals surface area contributed by atoms with Crippen molar-refractivity contribution in [2.75, 3.05) is 19.7 Å². The molecule has 0 radical (unpaired) electrons. The second kappa shape index (κ2) is 11.7. The third kappa shape index (κ3) is 6.92. The number of likely N-dealkylation sites (tertiary alicyclic amines) is 1. The van der Waals surface area contributed by atoms with Crippen LogP contribution in [0, 0.1) is 5.92 Å². The Bertz CT molecular complexity index is 279. The van der Waals surface area contributed by atoms with Crippen molar-refractivity contribution >= 4 is 11.9 Å². The highest BCUT2D eigenvalue weighted by atomic mass is 16.5. The first-order valence-electron chi connectivity index (χ1n) is 8.13. The fraction of sp³-hybridized carbons (Fsp3) is 0.875. The van der Waals surface area contributed by atoms with Gasteiger partial charge in [0.25, 0.3) is 0 Å². The summed E-state index contributed by atoms with van der Waals surface area (Å²) in [5, 5.41) is 0. The molecule has 0 spiro atoms. The van der Waals surface area contributed by atoms with Gasteiger partial charge in [0, 0.05) is 19.5 Å². The molecule has 0 aromatic rings. The maximum absolute atomic E-state index is 11.8. The van der Waals surface area contributed by atoms with Crippen LogP contribution in [-0.2, 0) is 14.3 Å². The first-order chi connectivity index (χ1) is 9.69. The fourth-order valence-corrected chi connectivity index (χ4v) is 2.14. The van der Waals surface area contributed by atoms with Gasteiger partial charge in [0.05, 0.1) is 12.5 Å². The van der Waals surface area contributed by atoms with Gasteiger partial charge in [0.15, 0.2) is 0 Å². The zero-order valence-electron chi connectivity index (χ0n) is 13.6. The Balaban J connectivity index is 0.00000172. The van der Waals surface area contributed by atoms with E-state index in [0.717, 1.165) is 38.6 Å². The molecule has 1 rings (SSSR count). The molecule has 1 amide bonds. The van der Waals surface area contributed by atoms with E-state index < -0.39 is 0 Å². The van der Waals surface area contributed by atoms with Crippen LogP contribution in [0.2, 0.25) is 0 Å². The zero-order valence-corrected chi connectivity index (χ0v) is 13.6. The van der Waals surface area contributed by atoms with Crippen LogP contribution in [0.15, 0.2) is 0 Å². The maximum Gasteiger partial charge on any atom is 0.311 e. The Morgan fingerprint density at radius 3 is 2.45 bits per heavy atom. The van der Waals surface area contributed by atoms with Gasteiger partial charge in [-0.25, -0.2) is 0 Å². The average Bonchev–Trinajstić information content (AvgIpc) is 2.84. The molecule has 1 aliphatic heterocycles. The third-order valence-electron chi connectivity index (χ3n) is 3.32. The summed E-state index contributed by atoms with van der Waals surface area (Å²) in [6.45, 7) is 10.0. The number of hydrogen-bond acceptors (Lipinski definition) is 3. The van der Waals surface area contributed by atoms with Crippen molar-refractivity contribution in [3.63, 3.8) is 0 Å². The van der Waals surface area contributed by atoms with Crippen molar-refractivity contribution in [2.45, 2.75) is 66.2 Å². The molecular formula is C16H31NO3. The number of amides is 1. The lowest BCUT2D eigenvalue weighted by Gasteiger charge is -2.15. The van der Waals surface area contributed by atoms with Gasteiger partial charge in [0.2, 0.25) is 5.91 Å². The van der Waals surface area contributed by atoms with E-state index in [-0.39, 0.29) is 17.8 Å². The van der Waals surface area contributed by atoms with Crippen molar-refractivity contribution in [3.05, 3.63) is 0 Å². The Morgan fingerprint density at radius 1 is 1.20 bits per heavy atom. The Labute approximate surface area is 123 Å². The summed E-state index contributed by atoms with van der Waals surface area (Å²) in [7, 11) is 0. The molecule has 4 heteroatoms.